The summed E-state index contributed by atoms with van der Waals surface area (Å²) >= 11 is 0. The van der Waals surface area contributed by atoms with Gasteiger partial charge in [0.15, 0.2) is 0 Å². The minimum Gasteiger partial charge on any atom is -0.497 e. The largest absolute Gasteiger partial charge is 0.497 e. The third kappa shape index (κ3) is 5.54. The molecule has 0 spiro atoms. The number of hydrogen-bond donors (Lipinski definition) is 3. The second-order valence-corrected chi connectivity index (χ2v) is 10.9. The van der Waals surface area contributed by atoms with Gasteiger partial charge in [0.25, 0.3) is 5.91 Å². The fraction of sp³-hybridized carbons (Fsp3) is 0.333. The van der Waals surface area contributed by atoms with E-state index in [0.29, 0.717) is 6.54 Å². The van der Waals surface area contributed by atoms with Gasteiger partial charge < -0.3 is 19.9 Å². The van der Waals surface area contributed by atoms with E-state index in [9.17, 15) is 4.79 Å². The van der Waals surface area contributed by atoms with Crippen molar-refractivity contribution in [1.82, 2.24) is 10.3 Å². The number of rotatable bonds is 8. The lowest BCUT2D eigenvalue weighted by Gasteiger charge is -2.28. The third-order valence-corrected chi connectivity index (χ3v) is 8.47. The molecule has 3 aromatic carbocycles. The predicted octanol–water partition coefficient (Wildman–Crippen LogP) is 2.53. The Morgan fingerprint density at radius 3 is 2.46 bits per heavy atom. The van der Waals surface area contributed by atoms with Crippen LogP contribution in [0.5, 0.6) is 5.75 Å². The van der Waals surface area contributed by atoms with Crippen LogP contribution in [0.15, 0.2) is 78.9 Å². The van der Waals surface area contributed by atoms with Crippen LogP contribution in [0.25, 0.3) is 10.9 Å². The average molecular weight is 523 g/mol. The molecule has 2 aliphatic rings. The number of ether oxygens (including phenoxy) is 1. The van der Waals surface area contributed by atoms with Gasteiger partial charge in [-0.1, -0.05) is 48.5 Å². The summed E-state index contributed by atoms with van der Waals surface area (Å²) in [5, 5.41) is 4.33. The van der Waals surface area contributed by atoms with Crippen LogP contribution in [0.2, 0.25) is 0 Å². The first-order chi connectivity index (χ1) is 19.2. The molecule has 1 amide bonds. The molecule has 200 valence electrons. The van der Waals surface area contributed by atoms with Crippen molar-refractivity contribution in [1.29, 1.82) is 0 Å². The monoisotopic (exact) mass is 522 g/mol. The van der Waals surface area contributed by atoms with E-state index in [0.717, 1.165) is 72.6 Å². The number of para-hydroxylation sites is 1. The summed E-state index contributed by atoms with van der Waals surface area (Å²) in [7, 11) is 1.70. The maximum atomic E-state index is 14.1. The Kier molecular flexibility index (Phi) is 7.57. The molecule has 0 aliphatic carbocycles. The SMILES string of the molecule is COc1ccc([C@H](CNC(=O)c2c3c(nc4ccccc24)CC[NH+](Cc2ccccc2)C3)[NH+]2CCCC2)cc1. The number of carbonyl (C=O) groups excluding carboxylic acids is 1. The molecule has 1 saturated heterocycles. The summed E-state index contributed by atoms with van der Waals surface area (Å²) in [5.74, 6) is 0.873. The van der Waals surface area contributed by atoms with Crippen LogP contribution in [-0.4, -0.2) is 44.2 Å². The van der Waals surface area contributed by atoms with Crippen LogP contribution < -0.4 is 19.9 Å². The highest BCUT2D eigenvalue weighted by molar-refractivity contribution is 6.07. The lowest BCUT2D eigenvalue weighted by atomic mass is 9.94. The van der Waals surface area contributed by atoms with Crippen molar-refractivity contribution in [3.05, 3.63) is 107 Å². The van der Waals surface area contributed by atoms with Crippen LogP contribution in [0.4, 0.5) is 0 Å². The Hall–Kier alpha value is -3.74. The zero-order chi connectivity index (χ0) is 26.6. The van der Waals surface area contributed by atoms with Crippen molar-refractivity contribution in [2.24, 2.45) is 0 Å². The van der Waals surface area contributed by atoms with Crippen LogP contribution >= 0.6 is 0 Å². The summed E-state index contributed by atoms with van der Waals surface area (Å²) in [6, 6.07) is 27.3. The number of methoxy groups -OCH3 is 1. The van der Waals surface area contributed by atoms with Crippen molar-refractivity contribution >= 4 is 16.8 Å². The van der Waals surface area contributed by atoms with Gasteiger partial charge in [0, 0.05) is 41.3 Å². The molecule has 0 bridgehead atoms. The fourth-order valence-electron chi connectivity index (χ4n) is 6.42. The fourth-order valence-corrected chi connectivity index (χ4v) is 6.42. The van der Waals surface area contributed by atoms with E-state index in [1.807, 2.05) is 30.3 Å². The second-order valence-electron chi connectivity index (χ2n) is 10.9. The van der Waals surface area contributed by atoms with Crippen LogP contribution in [0.3, 0.4) is 0 Å². The van der Waals surface area contributed by atoms with Crippen molar-refractivity contribution in [3.8, 4) is 5.75 Å². The maximum absolute atomic E-state index is 14.1. The van der Waals surface area contributed by atoms with Crippen molar-refractivity contribution < 1.29 is 19.3 Å². The summed E-state index contributed by atoms with van der Waals surface area (Å²) in [4.78, 5) is 22.1. The van der Waals surface area contributed by atoms with Crippen LogP contribution in [0.1, 0.15) is 51.6 Å². The zero-order valence-electron chi connectivity index (χ0n) is 22.7. The van der Waals surface area contributed by atoms with Gasteiger partial charge in [-0.3, -0.25) is 9.78 Å². The number of nitrogens with zero attached hydrogens (tertiary/aromatic N) is 1. The van der Waals surface area contributed by atoms with E-state index in [1.54, 1.807) is 12.0 Å². The van der Waals surface area contributed by atoms with E-state index in [2.05, 4.69) is 53.8 Å². The van der Waals surface area contributed by atoms with Crippen molar-refractivity contribution in [2.75, 3.05) is 33.3 Å². The van der Waals surface area contributed by atoms with Gasteiger partial charge in [-0.15, -0.1) is 0 Å². The lowest BCUT2D eigenvalue weighted by Crippen LogP contribution is -3.11. The number of aromatic nitrogens is 1. The van der Waals surface area contributed by atoms with E-state index < -0.39 is 0 Å². The van der Waals surface area contributed by atoms with Gasteiger partial charge >= 0.3 is 0 Å². The smallest absolute Gasteiger partial charge is 0.252 e. The van der Waals surface area contributed by atoms with E-state index in [4.69, 9.17) is 9.72 Å². The molecule has 1 unspecified atom stereocenters. The number of carbonyl (C=O) groups is 1. The summed E-state index contributed by atoms with van der Waals surface area (Å²) in [6.45, 7) is 5.66. The maximum Gasteiger partial charge on any atom is 0.252 e. The zero-order valence-corrected chi connectivity index (χ0v) is 22.7. The minimum absolute atomic E-state index is 0.0166. The normalized spacial score (nSPS) is 18.0. The number of fused-ring (bicyclic) bond motifs is 2. The summed E-state index contributed by atoms with van der Waals surface area (Å²) in [5.41, 5.74) is 6.47. The molecule has 4 aromatic rings. The van der Waals surface area contributed by atoms with Gasteiger partial charge in [-0.2, -0.15) is 0 Å². The molecule has 6 nitrogen and oxygen atoms in total. The third-order valence-electron chi connectivity index (χ3n) is 8.47. The van der Waals surface area contributed by atoms with Crippen LogP contribution in [-0.2, 0) is 19.5 Å². The average Bonchev–Trinajstić information content (AvgIpc) is 3.51. The topological polar surface area (TPSA) is 60.1 Å². The quantitative estimate of drug-likeness (QED) is 0.333. The Morgan fingerprint density at radius 2 is 1.69 bits per heavy atom. The highest BCUT2D eigenvalue weighted by Gasteiger charge is 2.31. The Bertz CT molecular complexity index is 1430. The molecular formula is C33H38N4O2+2. The molecule has 39 heavy (non-hydrogen) atoms. The number of amides is 1. The van der Waals surface area contributed by atoms with Crippen molar-refractivity contribution in [2.45, 2.75) is 38.4 Å². The number of quaternary nitrogens is 2. The molecule has 1 aromatic heterocycles. The van der Waals surface area contributed by atoms with E-state index in [-0.39, 0.29) is 11.9 Å². The molecular weight excluding hydrogens is 484 g/mol. The molecule has 1 fully saturated rings. The highest BCUT2D eigenvalue weighted by Crippen LogP contribution is 2.25. The molecule has 3 N–H and O–H groups in total. The number of nitrogens with one attached hydrogen (secondary N) is 3. The number of likely N-dealkylation sites (tertiary alicyclic amines) is 1. The predicted molar refractivity (Wildman–Crippen MR) is 153 cm³/mol. The molecule has 0 radical (unpaired) electrons. The van der Waals surface area contributed by atoms with Gasteiger partial charge in [-0.25, -0.2) is 0 Å². The molecule has 2 aliphatic heterocycles. The Morgan fingerprint density at radius 1 is 0.949 bits per heavy atom. The minimum atomic E-state index is 0.0166. The second kappa shape index (κ2) is 11.6. The Labute approximate surface area is 230 Å². The highest BCUT2D eigenvalue weighted by atomic mass is 16.5. The number of hydrogen-bond acceptors (Lipinski definition) is 3. The van der Waals surface area contributed by atoms with Gasteiger partial charge in [0.05, 0.1) is 50.1 Å². The standard InChI is InChI=1S/C33H36N4O2/c1-39-26-15-13-25(14-16-26)31(37-18-7-8-19-37)21-34-33(38)32-27-11-5-6-12-29(27)35-30-17-20-36(23-28(30)32)22-24-9-3-2-4-10-24/h2-6,9-16,31H,7-8,17-23H2,1H3,(H,34,38)/p+2/t31-/m0/s1. The van der Waals surface area contributed by atoms with Gasteiger partial charge in [-0.05, 0) is 30.3 Å². The first-order valence-corrected chi connectivity index (χ1v) is 14.2. The molecule has 3 heterocycles. The molecule has 6 heteroatoms. The summed E-state index contributed by atoms with van der Waals surface area (Å²) < 4.78 is 5.39. The molecule has 0 saturated carbocycles. The summed E-state index contributed by atoms with van der Waals surface area (Å²) in [6.07, 6.45) is 3.35. The Balaban J connectivity index is 1.29. The first-order valence-electron chi connectivity index (χ1n) is 14.2. The lowest BCUT2D eigenvalue weighted by molar-refractivity contribution is -0.929. The first kappa shape index (κ1) is 25.5. The number of benzene rings is 3. The van der Waals surface area contributed by atoms with Crippen LogP contribution in [0, 0.1) is 0 Å². The van der Waals surface area contributed by atoms with E-state index >= 15 is 0 Å². The molecule has 6 rings (SSSR count). The molecule has 2 atom stereocenters. The van der Waals surface area contributed by atoms with Gasteiger partial charge in [0.1, 0.15) is 24.9 Å². The van der Waals surface area contributed by atoms with Crippen molar-refractivity contribution in [3.63, 3.8) is 0 Å². The van der Waals surface area contributed by atoms with E-state index in [1.165, 1.54) is 28.9 Å². The number of pyridine rings is 1. The van der Waals surface area contributed by atoms with Gasteiger partial charge in [0.2, 0.25) is 0 Å².